The lowest BCUT2D eigenvalue weighted by Gasteiger charge is -2.35. The van der Waals surface area contributed by atoms with Gasteiger partial charge in [-0.05, 0) is 92.5 Å². The van der Waals surface area contributed by atoms with Gasteiger partial charge in [-0.25, -0.2) is 0 Å². The lowest BCUT2D eigenvalue weighted by molar-refractivity contribution is 0.768. The van der Waals surface area contributed by atoms with Crippen LogP contribution in [-0.4, -0.2) is 0 Å². The minimum Gasteiger partial charge on any atom is -0.310 e. The number of nitrogens with zero attached hydrogens (tertiary/aromatic N) is 1. The first kappa shape index (κ1) is 33.3. The molecule has 0 saturated heterocycles. The topological polar surface area (TPSA) is 3.24 Å². The van der Waals surface area contributed by atoms with Crippen molar-refractivity contribution >= 4 is 48.6 Å². The Hall–Kier alpha value is -7.00. The van der Waals surface area contributed by atoms with E-state index in [0.717, 1.165) is 17.1 Å². The quantitative estimate of drug-likeness (QED) is 0.157. The first-order valence-electron chi connectivity index (χ1n) is 19.6. The molecule has 0 unspecified atom stereocenters. The number of hydrogen-bond acceptors (Lipinski definition) is 2. The van der Waals surface area contributed by atoms with Crippen LogP contribution in [0.3, 0.4) is 0 Å². The molecule has 1 aliphatic rings. The van der Waals surface area contributed by atoms with Gasteiger partial charge in [-0.3, -0.25) is 0 Å². The van der Waals surface area contributed by atoms with E-state index in [1.165, 1.54) is 75.8 Å². The maximum Gasteiger partial charge on any atom is 0.0714 e. The molecule has 1 heterocycles. The van der Waals surface area contributed by atoms with Crippen LogP contribution in [0.1, 0.15) is 22.3 Å². The second-order valence-corrected chi connectivity index (χ2v) is 15.9. The highest BCUT2D eigenvalue weighted by molar-refractivity contribution is 7.25. The molecule has 1 aliphatic carbocycles. The van der Waals surface area contributed by atoms with Crippen molar-refractivity contribution in [1.29, 1.82) is 0 Å². The van der Waals surface area contributed by atoms with E-state index in [2.05, 4.69) is 229 Å². The Bertz CT molecular complexity index is 3020. The fraction of sp³-hybridized carbons (Fsp3) is 0.0182. The van der Waals surface area contributed by atoms with Crippen molar-refractivity contribution in [1.82, 2.24) is 0 Å². The molecular weight excluding hydrogens is 707 g/mol. The summed E-state index contributed by atoms with van der Waals surface area (Å²) in [6.07, 6.45) is 0. The van der Waals surface area contributed by atoms with Crippen LogP contribution >= 0.6 is 11.3 Å². The van der Waals surface area contributed by atoms with Crippen LogP contribution in [0.4, 0.5) is 17.1 Å². The summed E-state index contributed by atoms with van der Waals surface area (Å²) in [5, 5.41) is 2.57. The average molecular weight is 744 g/mol. The first-order chi connectivity index (χ1) is 28.3. The lowest BCUT2D eigenvalue weighted by atomic mass is 9.67. The molecule has 1 nitrogen and oxygen atoms in total. The van der Waals surface area contributed by atoms with Crippen LogP contribution in [0, 0.1) is 0 Å². The Kier molecular flexibility index (Phi) is 7.98. The van der Waals surface area contributed by atoms with E-state index in [1.54, 1.807) is 0 Å². The number of rotatable bonds is 7. The summed E-state index contributed by atoms with van der Waals surface area (Å²) in [7, 11) is 0. The van der Waals surface area contributed by atoms with Crippen molar-refractivity contribution in [2.45, 2.75) is 5.41 Å². The molecule has 0 spiro atoms. The van der Waals surface area contributed by atoms with E-state index >= 15 is 0 Å². The minimum absolute atomic E-state index is 0.504. The van der Waals surface area contributed by atoms with E-state index in [4.69, 9.17) is 0 Å². The Labute approximate surface area is 337 Å². The molecule has 0 bridgehead atoms. The molecule has 2 heteroatoms. The van der Waals surface area contributed by atoms with E-state index < -0.39 is 5.41 Å². The maximum absolute atomic E-state index is 2.48. The number of anilines is 3. The van der Waals surface area contributed by atoms with Crippen LogP contribution in [0.15, 0.2) is 224 Å². The fourth-order valence-electron chi connectivity index (χ4n) is 9.24. The minimum atomic E-state index is -0.504. The Morgan fingerprint density at radius 1 is 0.333 bits per heavy atom. The van der Waals surface area contributed by atoms with Crippen molar-refractivity contribution in [3.63, 3.8) is 0 Å². The molecule has 57 heavy (non-hydrogen) atoms. The zero-order valence-electron chi connectivity index (χ0n) is 31.2. The van der Waals surface area contributed by atoms with Gasteiger partial charge in [0.2, 0.25) is 0 Å². The van der Waals surface area contributed by atoms with Crippen LogP contribution in [0.25, 0.3) is 53.6 Å². The maximum atomic E-state index is 2.48. The number of fused-ring (bicyclic) bond motifs is 6. The molecule has 9 aromatic carbocycles. The Morgan fingerprint density at radius 3 is 1.61 bits per heavy atom. The predicted molar refractivity (Wildman–Crippen MR) is 242 cm³/mol. The molecule has 0 aliphatic heterocycles. The number of thiophene rings is 1. The van der Waals surface area contributed by atoms with Gasteiger partial charge in [0.1, 0.15) is 0 Å². The van der Waals surface area contributed by atoms with Crippen LogP contribution in [0.2, 0.25) is 0 Å². The van der Waals surface area contributed by atoms with Gasteiger partial charge >= 0.3 is 0 Å². The molecule has 0 amide bonds. The van der Waals surface area contributed by atoms with E-state index in [9.17, 15) is 0 Å². The predicted octanol–water partition coefficient (Wildman–Crippen LogP) is 15.2. The SMILES string of the molecule is c1ccc(-c2ccc(-c3ccccc3N(c3ccc4c(c3)C(c3ccccc3)(c3ccccc3)c3ccccc3-4)c3ccc4sc5ccccc5c4c3)cc2)cc1. The zero-order chi connectivity index (χ0) is 37.8. The van der Waals surface area contributed by atoms with Gasteiger partial charge in [0.05, 0.1) is 11.1 Å². The van der Waals surface area contributed by atoms with Crippen molar-refractivity contribution < 1.29 is 0 Å². The van der Waals surface area contributed by atoms with Gasteiger partial charge in [-0.2, -0.15) is 0 Å². The van der Waals surface area contributed by atoms with Gasteiger partial charge < -0.3 is 4.90 Å². The molecule has 0 saturated carbocycles. The van der Waals surface area contributed by atoms with Gasteiger partial charge in [-0.1, -0.05) is 182 Å². The summed E-state index contributed by atoms with van der Waals surface area (Å²) in [6, 6.07) is 82.6. The smallest absolute Gasteiger partial charge is 0.0714 e. The van der Waals surface area contributed by atoms with Crippen molar-refractivity contribution in [3.05, 3.63) is 247 Å². The standard InChI is InChI=1S/C55H37NS/c1-4-16-38(17-5-1)39-28-30-40(31-29-39)45-22-11-14-26-52(45)56(43-33-35-54-49(36-43)48-24-12-15-27-53(48)57-54)44-32-34-47-46-23-10-13-25-50(46)55(51(47)37-44,41-18-6-2-7-19-41)42-20-8-3-9-21-42/h1-37H. The number of para-hydroxylation sites is 1. The third-order valence-electron chi connectivity index (χ3n) is 11.8. The number of benzene rings is 9. The summed E-state index contributed by atoms with van der Waals surface area (Å²) in [5.74, 6) is 0. The van der Waals surface area contributed by atoms with Crippen molar-refractivity contribution in [3.8, 4) is 33.4 Å². The van der Waals surface area contributed by atoms with Crippen LogP contribution in [0.5, 0.6) is 0 Å². The third kappa shape index (κ3) is 5.37. The van der Waals surface area contributed by atoms with Gasteiger partial charge in [-0.15, -0.1) is 11.3 Å². The zero-order valence-corrected chi connectivity index (χ0v) is 32.0. The molecule has 268 valence electrons. The Morgan fingerprint density at radius 2 is 0.860 bits per heavy atom. The Balaban J connectivity index is 1.17. The van der Waals surface area contributed by atoms with E-state index in [-0.39, 0.29) is 0 Å². The summed E-state index contributed by atoms with van der Waals surface area (Å²) < 4.78 is 2.60. The molecule has 11 rings (SSSR count). The van der Waals surface area contributed by atoms with Crippen LogP contribution < -0.4 is 4.90 Å². The molecule has 1 aromatic heterocycles. The van der Waals surface area contributed by atoms with Gasteiger partial charge in [0.25, 0.3) is 0 Å². The summed E-state index contributed by atoms with van der Waals surface area (Å²) >= 11 is 1.86. The van der Waals surface area contributed by atoms with Crippen molar-refractivity contribution in [2.24, 2.45) is 0 Å². The highest BCUT2D eigenvalue weighted by Crippen LogP contribution is 2.57. The lowest BCUT2D eigenvalue weighted by Crippen LogP contribution is -2.28. The first-order valence-corrected chi connectivity index (χ1v) is 20.4. The van der Waals surface area contributed by atoms with E-state index in [0.29, 0.717) is 0 Å². The second kappa shape index (κ2) is 13.6. The highest BCUT2D eigenvalue weighted by atomic mass is 32.1. The van der Waals surface area contributed by atoms with Gasteiger partial charge in [0, 0.05) is 37.1 Å². The molecule has 0 radical (unpaired) electrons. The summed E-state index contributed by atoms with van der Waals surface area (Å²) in [6.45, 7) is 0. The largest absolute Gasteiger partial charge is 0.310 e. The third-order valence-corrected chi connectivity index (χ3v) is 12.9. The normalized spacial score (nSPS) is 12.7. The van der Waals surface area contributed by atoms with E-state index in [1.807, 2.05) is 11.3 Å². The summed E-state index contributed by atoms with van der Waals surface area (Å²) in [4.78, 5) is 2.48. The molecule has 10 aromatic rings. The van der Waals surface area contributed by atoms with Crippen molar-refractivity contribution in [2.75, 3.05) is 4.90 Å². The van der Waals surface area contributed by atoms with Gasteiger partial charge in [0.15, 0.2) is 0 Å². The molecule has 0 atom stereocenters. The molecular formula is C55H37NS. The van der Waals surface area contributed by atoms with Crippen LogP contribution in [-0.2, 0) is 5.41 Å². The monoisotopic (exact) mass is 743 g/mol. The average Bonchev–Trinajstić information content (AvgIpc) is 3.81. The second-order valence-electron chi connectivity index (χ2n) is 14.8. The fourth-order valence-corrected chi connectivity index (χ4v) is 10.3. The summed E-state index contributed by atoms with van der Waals surface area (Å²) in [5.41, 5.74) is 15.3. The molecule has 0 fully saturated rings. The highest BCUT2D eigenvalue weighted by Gasteiger charge is 2.46. The number of hydrogen-bond donors (Lipinski definition) is 0. The molecule has 0 N–H and O–H groups in total.